The summed E-state index contributed by atoms with van der Waals surface area (Å²) in [5.74, 6) is 0.948. The normalized spacial score (nSPS) is 15.4. The van der Waals surface area contributed by atoms with Crippen LogP contribution in [0.1, 0.15) is 45.1 Å². The van der Waals surface area contributed by atoms with Gasteiger partial charge in [0, 0.05) is 18.2 Å². The van der Waals surface area contributed by atoms with E-state index in [1.54, 1.807) is 19.3 Å². The number of halogens is 1. The van der Waals surface area contributed by atoms with Gasteiger partial charge in [0.2, 0.25) is 11.7 Å². The lowest BCUT2D eigenvalue weighted by atomic mass is 9.95. The highest BCUT2D eigenvalue weighted by atomic mass is 35.5. The van der Waals surface area contributed by atoms with Gasteiger partial charge in [-0.15, -0.1) is 10.2 Å². The smallest absolute Gasteiger partial charge is 0.271 e. The molecule has 0 spiro atoms. The van der Waals surface area contributed by atoms with Gasteiger partial charge in [0.05, 0.1) is 27.1 Å². The Balaban J connectivity index is 1.55. The Bertz CT molecular complexity index is 1110. The minimum atomic E-state index is -0.540. The molecule has 9 nitrogen and oxygen atoms in total. The van der Waals surface area contributed by atoms with Crippen molar-refractivity contribution in [1.29, 1.82) is 0 Å². The lowest BCUT2D eigenvalue weighted by molar-refractivity contribution is -0.384. The predicted molar refractivity (Wildman–Crippen MR) is 122 cm³/mol. The molecule has 3 aromatic rings. The molecule has 0 radical (unpaired) electrons. The van der Waals surface area contributed by atoms with Crippen molar-refractivity contribution in [3.8, 4) is 11.6 Å². The summed E-state index contributed by atoms with van der Waals surface area (Å²) in [7, 11) is 0. The third-order valence-electron chi connectivity index (χ3n) is 5.42. The number of carbonyl (C=O) groups is 1. The molecule has 1 amide bonds. The van der Waals surface area contributed by atoms with Gasteiger partial charge >= 0.3 is 0 Å². The summed E-state index contributed by atoms with van der Waals surface area (Å²) in [4.78, 5) is 23.3. The molecule has 168 valence electrons. The molecule has 0 aliphatic heterocycles. The number of nitrogens with one attached hydrogen (secondary N) is 1. The van der Waals surface area contributed by atoms with Gasteiger partial charge in [0.25, 0.3) is 5.69 Å². The first-order chi connectivity index (χ1) is 15.4. The Morgan fingerprint density at radius 3 is 2.78 bits per heavy atom. The van der Waals surface area contributed by atoms with Crippen LogP contribution in [0.25, 0.3) is 11.6 Å². The summed E-state index contributed by atoms with van der Waals surface area (Å²) in [6.07, 6.45) is 7.10. The number of amides is 1. The number of aromatic nitrogens is 3. The van der Waals surface area contributed by atoms with Gasteiger partial charge in [0.1, 0.15) is 0 Å². The van der Waals surface area contributed by atoms with Crippen molar-refractivity contribution in [3.63, 3.8) is 0 Å². The van der Waals surface area contributed by atoms with Gasteiger partial charge in [0.15, 0.2) is 10.9 Å². The van der Waals surface area contributed by atoms with E-state index in [9.17, 15) is 14.9 Å². The summed E-state index contributed by atoms with van der Waals surface area (Å²) in [6, 6.07) is 7.82. The molecule has 0 bridgehead atoms. The average molecular weight is 476 g/mol. The van der Waals surface area contributed by atoms with Crippen LogP contribution in [0.3, 0.4) is 0 Å². The molecule has 11 heteroatoms. The number of rotatable bonds is 7. The number of anilines is 1. The van der Waals surface area contributed by atoms with E-state index in [-0.39, 0.29) is 28.3 Å². The molecule has 0 saturated heterocycles. The van der Waals surface area contributed by atoms with Crippen LogP contribution in [-0.4, -0.2) is 30.8 Å². The Hall–Kier alpha value is -2.85. The van der Waals surface area contributed by atoms with E-state index in [2.05, 4.69) is 20.1 Å². The molecular weight excluding hydrogens is 454 g/mol. The Morgan fingerprint density at radius 2 is 2.09 bits per heavy atom. The zero-order chi connectivity index (χ0) is 22.7. The fraction of sp³-hybridized carbons (Fsp3) is 0.381. The second-order valence-electron chi connectivity index (χ2n) is 7.62. The van der Waals surface area contributed by atoms with Crippen LogP contribution in [-0.2, 0) is 4.79 Å². The lowest BCUT2D eigenvalue weighted by Crippen LogP contribution is -2.24. The van der Waals surface area contributed by atoms with Crippen molar-refractivity contribution in [1.82, 2.24) is 14.8 Å². The van der Waals surface area contributed by atoms with Gasteiger partial charge < -0.3 is 9.73 Å². The zero-order valence-corrected chi connectivity index (χ0v) is 18.9. The van der Waals surface area contributed by atoms with E-state index in [4.69, 9.17) is 16.0 Å². The van der Waals surface area contributed by atoms with Crippen LogP contribution in [0.4, 0.5) is 11.4 Å². The maximum absolute atomic E-state index is 12.8. The summed E-state index contributed by atoms with van der Waals surface area (Å²) >= 11 is 7.40. The number of benzene rings is 1. The highest BCUT2D eigenvalue weighted by Gasteiger charge is 2.27. The second kappa shape index (κ2) is 9.74. The summed E-state index contributed by atoms with van der Waals surface area (Å²) in [6.45, 7) is 1.75. The molecule has 1 aromatic carbocycles. The number of nitrogens with zero attached hydrogens (tertiary/aromatic N) is 4. The van der Waals surface area contributed by atoms with E-state index >= 15 is 0 Å². The first kappa shape index (κ1) is 22.3. The first-order valence-corrected chi connectivity index (χ1v) is 11.6. The Morgan fingerprint density at radius 1 is 1.31 bits per heavy atom. The van der Waals surface area contributed by atoms with E-state index in [1.807, 2.05) is 6.07 Å². The number of carbonyl (C=O) groups excluding carboxylic acids is 1. The quantitative estimate of drug-likeness (QED) is 0.263. The second-order valence-corrected chi connectivity index (χ2v) is 9.33. The van der Waals surface area contributed by atoms with Crippen molar-refractivity contribution < 1.29 is 14.1 Å². The number of nitro groups is 1. The van der Waals surface area contributed by atoms with E-state index in [1.165, 1.54) is 36.4 Å². The number of hydrogen-bond donors (Lipinski definition) is 1. The van der Waals surface area contributed by atoms with Crippen LogP contribution < -0.4 is 5.32 Å². The summed E-state index contributed by atoms with van der Waals surface area (Å²) < 4.78 is 7.63. The standard InChI is InChI=1S/C21H22ClN5O4S/c1-13(20(28)23-17-12-15(27(29)30)9-10-16(17)22)32-21-25-24-19(18-8-5-11-31-18)26(21)14-6-3-2-4-7-14/h5,8-14H,2-4,6-7H2,1H3,(H,23,28). The van der Waals surface area contributed by atoms with Crippen molar-refractivity contribution in [3.05, 3.63) is 51.7 Å². The fourth-order valence-electron chi connectivity index (χ4n) is 3.77. The molecule has 1 atom stereocenters. The molecule has 2 aromatic heterocycles. The van der Waals surface area contributed by atoms with Crippen molar-refractivity contribution in [2.45, 2.75) is 55.5 Å². The third kappa shape index (κ3) is 4.81. The molecule has 1 fully saturated rings. The topological polar surface area (TPSA) is 116 Å². The van der Waals surface area contributed by atoms with Crippen LogP contribution in [0.5, 0.6) is 0 Å². The van der Waals surface area contributed by atoms with E-state index in [0.29, 0.717) is 16.7 Å². The van der Waals surface area contributed by atoms with Crippen molar-refractivity contribution in [2.75, 3.05) is 5.32 Å². The maximum atomic E-state index is 12.8. The van der Waals surface area contributed by atoms with Gasteiger partial charge in [-0.2, -0.15) is 0 Å². The van der Waals surface area contributed by atoms with Gasteiger partial charge in [-0.1, -0.05) is 42.6 Å². The van der Waals surface area contributed by atoms with Gasteiger partial charge in [-0.3, -0.25) is 19.5 Å². The molecule has 1 saturated carbocycles. The SMILES string of the molecule is CC(Sc1nnc(-c2ccco2)n1C1CCCCC1)C(=O)Nc1cc([N+](=O)[O-])ccc1Cl. The zero-order valence-electron chi connectivity index (χ0n) is 17.4. The minimum absolute atomic E-state index is 0.148. The van der Waals surface area contributed by atoms with Gasteiger partial charge in [-0.05, 0) is 38.0 Å². The molecule has 1 unspecified atom stereocenters. The number of furan rings is 1. The summed E-state index contributed by atoms with van der Waals surface area (Å²) in [5.41, 5.74) is 0.0495. The van der Waals surface area contributed by atoms with Crippen LogP contribution in [0.2, 0.25) is 5.02 Å². The molecule has 32 heavy (non-hydrogen) atoms. The molecule has 1 N–H and O–H groups in total. The Kier molecular flexibility index (Phi) is 6.80. The number of non-ortho nitro benzene ring substituents is 1. The molecule has 2 heterocycles. The molecule has 1 aliphatic carbocycles. The number of nitro benzene ring substituents is 1. The number of thioether (sulfide) groups is 1. The van der Waals surface area contributed by atoms with E-state index in [0.717, 1.165) is 25.7 Å². The van der Waals surface area contributed by atoms with Crippen LogP contribution >= 0.6 is 23.4 Å². The number of hydrogen-bond acceptors (Lipinski definition) is 7. The highest BCUT2D eigenvalue weighted by molar-refractivity contribution is 8.00. The monoisotopic (exact) mass is 475 g/mol. The third-order valence-corrected chi connectivity index (χ3v) is 6.80. The molecule has 1 aliphatic rings. The first-order valence-electron chi connectivity index (χ1n) is 10.3. The predicted octanol–water partition coefficient (Wildman–Crippen LogP) is 5.72. The van der Waals surface area contributed by atoms with Crippen LogP contribution in [0, 0.1) is 10.1 Å². The van der Waals surface area contributed by atoms with Crippen molar-refractivity contribution >= 4 is 40.6 Å². The maximum Gasteiger partial charge on any atom is 0.271 e. The van der Waals surface area contributed by atoms with Gasteiger partial charge in [-0.25, -0.2) is 0 Å². The fourth-order valence-corrected chi connectivity index (χ4v) is 4.85. The van der Waals surface area contributed by atoms with E-state index < -0.39 is 10.2 Å². The average Bonchev–Trinajstić information content (AvgIpc) is 3.45. The Labute approximate surface area is 193 Å². The van der Waals surface area contributed by atoms with Crippen LogP contribution in [0.15, 0.2) is 46.2 Å². The lowest BCUT2D eigenvalue weighted by Gasteiger charge is -2.25. The minimum Gasteiger partial charge on any atom is -0.461 e. The largest absolute Gasteiger partial charge is 0.461 e. The van der Waals surface area contributed by atoms with Crippen molar-refractivity contribution in [2.24, 2.45) is 0 Å². The molecular formula is C21H22ClN5O4S. The highest BCUT2D eigenvalue weighted by Crippen LogP contribution is 2.37. The summed E-state index contributed by atoms with van der Waals surface area (Å²) in [5, 5.41) is 22.7. The molecule has 4 rings (SSSR count).